The quantitative estimate of drug-likeness (QED) is 0.787. The van der Waals surface area contributed by atoms with Crippen LogP contribution in [0.25, 0.3) is 0 Å². The maximum atomic E-state index is 12.9. The number of benzene rings is 2. The Labute approximate surface area is 168 Å². The maximum Gasteiger partial charge on any atom is 0.237 e. The van der Waals surface area contributed by atoms with Gasteiger partial charge in [0.25, 0.3) is 0 Å². The molecule has 2 aromatic rings. The van der Waals surface area contributed by atoms with Crippen LogP contribution in [0.15, 0.2) is 60.7 Å². The van der Waals surface area contributed by atoms with Crippen molar-refractivity contribution in [3.63, 3.8) is 0 Å². The van der Waals surface area contributed by atoms with Crippen molar-refractivity contribution in [1.82, 2.24) is 10.2 Å². The monoisotopic (exact) mass is 375 g/mol. The lowest BCUT2D eigenvalue weighted by Crippen LogP contribution is -2.52. The zero-order valence-corrected chi connectivity index (χ0v) is 16.6. The molecule has 1 aliphatic carbocycles. The van der Waals surface area contributed by atoms with E-state index in [9.17, 15) is 10.1 Å². The van der Waals surface area contributed by atoms with Crippen LogP contribution in [-0.4, -0.2) is 29.9 Å². The number of nitriles is 1. The molecule has 0 heterocycles. The zero-order valence-electron chi connectivity index (χ0n) is 16.6. The van der Waals surface area contributed by atoms with Crippen LogP contribution in [0, 0.1) is 11.3 Å². The first-order valence-corrected chi connectivity index (χ1v) is 10.1. The van der Waals surface area contributed by atoms with E-state index in [1.807, 2.05) is 36.4 Å². The average molecular weight is 376 g/mol. The number of hydrogen-bond acceptors (Lipinski definition) is 3. The highest BCUT2D eigenvalue weighted by molar-refractivity contribution is 5.79. The van der Waals surface area contributed by atoms with Gasteiger partial charge < -0.3 is 10.2 Å². The lowest BCUT2D eigenvalue weighted by molar-refractivity contribution is -0.134. The standard InChI is InChI=1S/C24H29N3O/c1-27(24(19-25)15-9-4-10-16-24)23(28)18-26-22(21-13-7-3-8-14-21)17-20-11-5-2-6-12-20/h2-3,5-8,11-14,22,26H,4,9-10,15-18H2,1H3. The molecule has 1 amide bonds. The van der Waals surface area contributed by atoms with Crippen LogP contribution < -0.4 is 5.32 Å². The topological polar surface area (TPSA) is 56.1 Å². The Morgan fingerprint density at radius 2 is 1.68 bits per heavy atom. The summed E-state index contributed by atoms with van der Waals surface area (Å²) in [6.45, 7) is 0.228. The van der Waals surface area contributed by atoms with Crippen LogP contribution in [0.5, 0.6) is 0 Å². The fourth-order valence-electron chi connectivity index (χ4n) is 4.07. The highest BCUT2D eigenvalue weighted by atomic mass is 16.2. The molecule has 28 heavy (non-hydrogen) atoms. The number of likely N-dealkylation sites (N-methyl/N-ethyl adjacent to an activating group) is 1. The molecule has 0 aliphatic heterocycles. The minimum absolute atomic E-state index is 0.0163. The molecule has 1 aliphatic rings. The summed E-state index contributed by atoms with van der Waals surface area (Å²) in [6, 6.07) is 23.0. The highest BCUT2D eigenvalue weighted by Crippen LogP contribution is 2.32. The zero-order chi connectivity index (χ0) is 19.8. The molecule has 146 valence electrons. The first-order chi connectivity index (χ1) is 13.6. The van der Waals surface area contributed by atoms with Gasteiger partial charge in [-0.3, -0.25) is 4.79 Å². The number of carbonyl (C=O) groups excluding carboxylic acids is 1. The summed E-state index contributed by atoms with van der Waals surface area (Å²) in [5.74, 6) is -0.0163. The lowest BCUT2D eigenvalue weighted by atomic mass is 9.81. The molecule has 1 atom stereocenters. The number of nitrogens with one attached hydrogen (secondary N) is 1. The van der Waals surface area contributed by atoms with Crippen LogP contribution in [0.2, 0.25) is 0 Å². The van der Waals surface area contributed by atoms with Gasteiger partial charge in [-0.05, 0) is 30.4 Å². The largest absolute Gasteiger partial charge is 0.326 e. The third kappa shape index (κ3) is 4.79. The normalized spacial score (nSPS) is 16.7. The van der Waals surface area contributed by atoms with E-state index in [0.717, 1.165) is 44.1 Å². The third-order valence-electron chi connectivity index (χ3n) is 5.89. The summed E-state index contributed by atoms with van der Waals surface area (Å²) < 4.78 is 0. The average Bonchev–Trinajstić information content (AvgIpc) is 2.77. The van der Waals surface area contributed by atoms with E-state index in [1.54, 1.807) is 11.9 Å². The fourth-order valence-corrected chi connectivity index (χ4v) is 4.07. The van der Waals surface area contributed by atoms with Crippen molar-refractivity contribution in [3.8, 4) is 6.07 Å². The number of rotatable bonds is 7. The third-order valence-corrected chi connectivity index (χ3v) is 5.89. The van der Waals surface area contributed by atoms with Gasteiger partial charge in [0.2, 0.25) is 5.91 Å². The van der Waals surface area contributed by atoms with E-state index in [2.05, 4.69) is 35.7 Å². The van der Waals surface area contributed by atoms with Crippen molar-refractivity contribution in [2.75, 3.05) is 13.6 Å². The Bertz CT molecular complexity index is 792. The highest BCUT2D eigenvalue weighted by Gasteiger charge is 2.38. The first-order valence-electron chi connectivity index (χ1n) is 10.1. The lowest BCUT2D eigenvalue weighted by Gasteiger charge is -2.39. The minimum atomic E-state index is -0.640. The number of hydrogen-bond donors (Lipinski definition) is 1. The van der Waals surface area contributed by atoms with Gasteiger partial charge in [-0.1, -0.05) is 79.9 Å². The van der Waals surface area contributed by atoms with Crippen LogP contribution in [-0.2, 0) is 11.2 Å². The smallest absolute Gasteiger partial charge is 0.237 e. The summed E-state index contributed by atoms with van der Waals surface area (Å²) >= 11 is 0. The van der Waals surface area contributed by atoms with Gasteiger partial charge >= 0.3 is 0 Å². The van der Waals surface area contributed by atoms with E-state index in [0.29, 0.717) is 0 Å². The van der Waals surface area contributed by atoms with Gasteiger partial charge in [0.1, 0.15) is 5.54 Å². The Morgan fingerprint density at radius 3 is 2.29 bits per heavy atom. The minimum Gasteiger partial charge on any atom is -0.326 e. The Balaban J connectivity index is 1.69. The predicted octanol–water partition coefficient (Wildman–Crippen LogP) is 4.24. The van der Waals surface area contributed by atoms with Gasteiger partial charge in [0.05, 0.1) is 12.6 Å². The molecule has 2 aromatic carbocycles. The molecule has 1 saturated carbocycles. The second-order valence-corrected chi connectivity index (χ2v) is 7.69. The molecule has 1 unspecified atom stereocenters. The van der Waals surface area contributed by atoms with Crippen molar-refractivity contribution in [1.29, 1.82) is 5.26 Å². The number of nitrogens with zero attached hydrogens (tertiary/aromatic N) is 2. The molecule has 1 fully saturated rings. The molecule has 4 heteroatoms. The molecule has 0 radical (unpaired) electrons. The second kappa shape index (κ2) is 9.52. The Morgan fingerprint density at radius 1 is 1.07 bits per heavy atom. The molecule has 3 rings (SSSR count). The van der Waals surface area contributed by atoms with Crippen molar-refractivity contribution in [2.45, 2.75) is 50.1 Å². The molecular formula is C24H29N3O. The fraction of sp³-hybridized carbons (Fsp3) is 0.417. The molecule has 0 bridgehead atoms. The van der Waals surface area contributed by atoms with E-state index in [-0.39, 0.29) is 18.5 Å². The molecule has 0 aromatic heterocycles. The van der Waals surface area contributed by atoms with Crippen LogP contribution >= 0.6 is 0 Å². The summed E-state index contributed by atoms with van der Waals surface area (Å²) in [7, 11) is 1.78. The van der Waals surface area contributed by atoms with E-state index < -0.39 is 5.54 Å². The first kappa shape index (κ1) is 20.1. The molecule has 0 spiro atoms. The summed E-state index contributed by atoms with van der Waals surface area (Å²) in [4.78, 5) is 14.6. The van der Waals surface area contributed by atoms with Gasteiger partial charge in [0, 0.05) is 13.1 Å². The van der Waals surface area contributed by atoms with Crippen molar-refractivity contribution in [2.24, 2.45) is 0 Å². The van der Waals surface area contributed by atoms with Crippen LogP contribution in [0.4, 0.5) is 0 Å². The molecule has 0 saturated heterocycles. The van der Waals surface area contributed by atoms with Gasteiger partial charge in [-0.15, -0.1) is 0 Å². The van der Waals surface area contributed by atoms with E-state index in [1.165, 1.54) is 5.56 Å². The van der Waals surface area contributed by atoms with Gasteiger partial charge in [-0.2, -0.15) is 5.26 Å². The molecule has 4 nitrogen and oxygen atoms in total. The van der Waals surface area contributed by atoms with Gasteiger partial charge in [-0.25, -0.2) is 0 Å². The van der Waals surface area contributed by atoms with E-state index in [4.69, 9.17) is 0 Å². The SMILES string of the molecule is CN(C(=O)CNC(Cc1ccccc1)c1ccccc1)C1(C#N)CCCCC1. The van der Waals surface area contributed by atoms with Gasteiger partial charge in [0.15, 0.2) is 0 Å². The van der Waals surface area contributed by atoms with Crippen LogP contribution in [0.3, 0.4) is 0 Å². The van der Waals surface area contributed by atoms with E-state index >= 15 is 0 Å². The van der Waals surface area contributed by atoms with Crippen LogP contribution in [0.1, 0.15) is 49.3 Å². The molecule has 1 N–H and O–H groups in total. The number of carbonyl (C=O) groups is 1. The predicted molar refractivity (Wildman–Crippen MR) is 112 cm³/mol. The number of amides is 1. The summed E-state index contributed by atoms with van der Waals surface area (Å²) in [6.07, 6.45) is 5.54. The Hall–Kier alpha value is -2.64. The second-order valence-electron chi connectivity index (χ2n) is 7.69. The van der Waals surface area contributed by atoms with Crippen molar-refractivity contribution >= 4 is 5.91 Å². The maximum absolute atomic E-state index is 12.9. The van der Waals surface area contributed by atoms with Crippen molar-refractivity contribution < 1.29 is 4.79 Å². The summed E-state index contributed by atoms with van der Waals surface area (Å²) in [5.41, 5.74) is 1.75. The molecular weight excluding hydrogens is 346 g/mol. The summed E-state index contributed by atoms with van der Waals surface area (Å²) in [5, 5.41) is 13.2. The van der Waals surface area contributed by atoms with Crippen molar-refractivity contribution in [3.05, 3.63) is 71.8 Å². The Kier molecular flexibility index (Phi) is 6.84.